The summed E-state index contributed by atoms with van der Waals surface area (Å²) in [7, 11) is 1.57. The molecule has 0 unspecified atom stereocenters. The quantitative estimate of drug-likeness (QED) is 0.728. The number of nitrogens with one attached hydrogen (secondary N) is 1. The van der Waals surface area contributed by atoms with Crippen LogP contribution in [0.2, 0.25) is 0 Å². The second-order valence-electron chi connectivity index (χ2n) is 6.13. The van der Waals surface area contributed by atoms with Gasteiger partial charge < -0.3 is 14.6 Å². The topological polar surface area (TPSA) is 77.2 Å². The van der Waals surface area contributed by atoms with E-state index in [0.29, 0.717) is 29.6 Å². The van der Waals surface area contributed by atoms with Gasteiger partial charge in [0.1, 0.15) is 5.75 Å². The fourth-order valence-corrected chi connectivity index (χ4v) is 2.61. The highest BCUT2D eigenvalue weighted by Crippen LogP contribution is 2.25. The van der Waals surface area contributed by atoms with Gasteiger partial charge in [0, 0.05) is 18.4 Å². The Morgan fingerprint density at radius 3 is 2.73 bits per heavy atom. The molecular formula is C20H21N3O3. The molecule has 6 heteroatoms. The summed E-state index contributed by atoms with van der Waals surface area (Å²) in [4.78, 5) is 16.6. The monoisotopic (exact) mass is 351 g/mol. The summed E-state index contributed by atoms with van der Waals surface area (Å²) < 4.78 is 10.5. The highest BCUT2D eigenvalue weighted by Gasteiger charge is 2.12. The van der Waals surface area contributed by atoms with Gasteiger partial charge in [0.15, 0.2) is 0 Å². The van der Waals surface area contributed by atoms with Crippen LogP contribution in [0.25, 0.3) is 11.4 Å². The second-order valence-corrected chi connectivity index (χ2v) is 6.13. The molecule has 0 aliphatic carbocycles. The highest BCUT2D eigenvalue weighted by molar-refractivity contribution is 5.92. The van der Waals surface area contributed by atoms with Crippen molar-refractivity contribution in [3.05, 3.63) is 59.5 Å². The first-order valence-corrected chi connectivity index (χ1v) is 8.39. The molecule has 26 heavy (non-hydrogen) atoms. The minimum atomic E-state index is -0.135. The fourth-order valence-electron chi connectivity index (χ4n) is 2.61. The summed E-state index contributed by atoms with van der Waals surface area (Å²) in [6, 6.07) is 13.5. The first-order chi connectivity index (χ1) is 12.5. The van der Waals surface area contributed by atoms with Crippen LogP contribution in [0.1, 0.15) is 23.4 Å². The Hall–Kier alpha value is -3.15. The molecule has 1 N–H and O–H groups in total. The van der Waals surface area contributed by atoms with Crippen LogP contribution >= 0.6 is 0 Å². The van der Waals surface area contributed by atoms with Crippen molar-refractivity contribution in [2.45, 2.75) is 26.7 Å². The van der Waals surface area contributed by atoms with E-state index in [2.05, 4.69) is 15.5 Å². The number of amides is 1. The van der Waals surface area contributed by atoms with Crippen molar-refractivity contribution < 1.29 is 14.1 Å². The van der Waals surface area contributed by atoms with Gasteiger partial charge in [-0.2, -0.15) is 4.98 Å². The summed E-state index contributed by atoms with van der Waals surface area (Å²) in [5.74, 6) is 1.46. The first kappa shape index (κ1) is 17.7. The molecule has 0 saturated heterocycles. The fraction of sp³-hybridized carbons (Fsp3) is 0.250. The minimum Gasteiger partial charge on any atom is -0.495 e. The SMILES string of the molecule is COc1ccc(C)cc1NC(=O)CCc1nc(-c2cccc(C)c2)no1. The lowest BCUT2D eigenvalue weighted by atomic mass is 10.1. The van der Waals surface area contributed by atoms with E-state index in [4.69, 9.17) is 9.26 Å². The van der Waals surface area contributed by atoms with Crippen LogP contribution in [0.4, 0.5) is 5.69 Å². The molecule has 3 rings (SSSR count). The van der Waals surface area contributed by atoms with Crippen LogP contribution in [-0.2, 0) is 11.2 Å². The molecule has 0 atom stereocenters. The summed E-state index contributed by atoms with van der Waals surface area (Å²) in [5, 5.41) is 6.86. The predicted octanol–water partition coefficient (Wildman–Crippen LogP) is 3.93. The number of benzene rings is 2. The molecule has 0 radical (unpaired) electrons. The van der Waals surface area contributed by atoms with Crippen LogP contribution < -0.4 is 10.1 Å². The van der Waals surface area contributed by atoms with E-state index >= 15 is 0 Å². The first-order valence-electron chi connectivity index (χ1n) is 8.39. The van der Waals surface area contributed by atoms with Crippen molar-refractivity contribution in [2.75, 3.05) is 12.4 Å². The van der Waals surface area contributed by atoms with Gasteiger partial charge in [-0.1, -0.05) is 35.0 Å². The van der Waals surface area contributed by atoms with Gasteiger partial charge in [-0.15, -0.1) is 0 Å². The molecule has 1 amide bonds. The number of carbonyl (C=O) groups is 1. The zero-order valence-corrected chi connectivity index (χ0v) is 15.1. The average Bonchev–Trinajstić information content (AvgIpc) is 3.09. The Bertz CT molecular complexity index is 918. The zero-order chi connectivity index (χ0) is 18.5. The van der Waals surface area contributed by atoms with E-state index in [0.717, 1.165) is 16.7 Å². The van der Waals surface area contributed by atoms with Gasteiger partial charge in [0.05, 0.1) is 12.8 Å². The third-order valence-electron chi connectivity index (χ3n) is 3.94. The highest BCUT2D eigenvalue weighted by atomic mass is 16.5. The van der Waals surface area contributed by atoms with E-state index < -0.39 is 0 Å². The summed E-state index contributed by atoms with van der Waals surface area (Å²) in [5.41, 5.74) is 3.72. The molecule has 1 heterocycles. The lowest BCUT2D eigenvalue weighted by Crippen LogP contribution is -2.13. The largest absolute Gasteiger partial charge is 0.495 e. The van der Waals surface area contributed by atoms with Gasteiger partial charge in [0.2, 0.25) is 17.6 Å². The number of anilines is 1. The van der Waals surface area contributed by atoms with E-state index in [1.165, 1.54) is 0 Å². The molecule has 1 aromatic heterocycles. The van der Waals surface area contributed by atoms with Gasteiger partial charge in [0.25, 0.3) is 0 Å². The number of carbonyl (C=O) groups excluding carboxylic acids is 1. The number of ether oxygens (including phenoxy) is 1. The van der Waals surface area contributed by atoms with Gasteiger partial charge in [-0.25, -0.2) is 0 Å². The number of hydrogen-bond acceptors (Lipinski definition) is 5. The van der Waals surface area contributed by atoms with Crippen molar-refractivity contribution in [3.8, 4) is 17.1 Å². The third-order valence-corrected chi connectivity index (χ3v) is 3.94. The Balaban J connectivity index is 1.61. The van der Waals surface area contributed by atoms with E-state index in [1.807, 2.05) is 56.3 Å². The number of rotatable bonds is 6. The summed E-state index contributed by atoms with van der Waals surface area (Å²) in [6.45, 7) is 3.97. The van der Waals surface area contributed by atoms with Gasteiger partial charge in [-0.05, 0) is 37.6 Å². The number of hydrogen-bond donors (Lipinski definition) is 1. The maximum atomic E-state index is 12.2. The predicted molar refractivity (Wildman–Crippen MR) is 99.2 cm³/mol. The molecule has 0 fully saturated rings. The lowest BCUT2D eigenvalue weighted by molar-refractivity contribution is -0.116. The number of aryl methyl sites for hydroxylation is 3. The zero-order valence-electron chi connectivity index (χ0n) is 15.1. The third kappa shape index (κ3) is 4.27. The molecule has 2 aromatic carbocycles. The van der Waals surface area contributed by atoms with Crippen LogP contribution in [-0.4, -0.2) is 23.2 Å². The van der Waals surface area contributed by atoms with Crippen molar-refractivity contribution in [3.63, 3.8) is 0 Å². The molecular weight excluding hydrogens is 330 g/mol. The molecule has 0 saturated carbocycles. The minimum absolute atomic E-state index is 0.135. The van der Waals surface area contributed by atoms with E-state index in [-0.39, 0.29) is 12.3 Å². The van der Waals surface area contributed by atoms with E-state index in [9.17, 15) is 4.79 Å². The Kier molecular flexibility index (Phi) is 5.31. The van der Waals surface area contributed by atoms with Crippen molar-refractivity contribution >= 4 is 11.6 Å². The molecule has 0 spiro atoms. The number of nitrogens with zero attached hydrogens (tertiary/aromatic N) is 2. The molecule has 0 aliphatic heterocycles. The number of methoxy groups -OCH3 is 1. The maximum absolute atomic E-state index is 12.2. The second kappa shape index (κ2) is 7.82. The van der Waals surface area contributed by atoms with Gasteiger partial charge >= 0.3 is 0 Å². The number of aromatic nitrogens is 2. The normalized spacial score (nSPS) is 10.6. The van der Waals surface area contributed by atoms with Crippen LogP contribution in [0.15, 0.2) is 47.0 Å². The smallest absolute Gasteiger partial charge is 0.227 e. The molecule has 0 bridgehead atoms. The van der Waals surface area contributed by atoms with Gasteiger partial charge in [-0.3, -0.25) is 4.79 Å². The summed E-state index contributed by atoms with van der Waals surface area (Å²) >= 11 is 0. The molecule has 6 nitrogen and oxygen atoms in total. The van der Waals surface area contributed by atoms with E-state index in [1.54, 1.807) is 7.11 Å². The molecule has 3 aromatic rings. The average molecular weight is 351 g/mol. The van der Waals surface area contributed by atoms with Crippen molar-refractivity contribution in [1.29, 1.82) is 0 Å². The maximum Gasteiger partial charge on any atom is 0.227 e. The van der Waals surface area contributed by atoms with Crippen molar-refractivity contribution in [1.82, 2.24) is 10.1 Å². The van der Waals surface area contributed by atoms with Crippen LogP contribution in [0, 0.1) is 13.8 Å². The Morgan fingerprint density at radius 1 is 1.15 bits per heavy atom. The summed E-state index contributed by atoms with van der Waals surface area (Å²) in [6.07, 6.45) is 0.616. The molecule has 0 aliphatic rings. The Labute approximate surface area is 152 Å². The Morgan fingerprint density at radius 2 is 1.96 bits per heavy atom. The standard InChI is InChI=1S/C20H21N3O3/c1-13-5-4-6-15(11-13)20-22-19(26-23-20)10-9-18(24)21-16-12-14(2)7-8-17(16)25-3/h4-8,11-12H,9-10H2,1-3H3,(H,21,24). The lowest BCUT2D eigenvalue weighted by Gasteiger charge is -2.10. The van der Waals surface area contributed by atoms with Crippen LogP contribution in [0.3, 0.4) is 0 Å². The molecule has 134 valence electrons. The van der Waals surface area contributed by atoms with Crippen molar-refractivity contribution in [2.24, 2.45) is 0 Å². The van der Waals surface area contributed by atoms with Crippen LogP contribution in [0.5, 0.6) is 5.75 Å².